The number of nitrogens with zero attached hydrogens (tertiary/aromatic N) is 1. The maximum absolute atomic E-state index is 13.3. The molecule has 0 amide bonds. The lowest BCUT2D eigenvalue weighted by Gasteiger charge is -2.35. The summed E-state index contributed by atoms with van der Waals surface area (Å²) in [7, 11) is 0. The molecule has 0 spiro atoms. The summed E-state index contributed by atoms with van der Waals surface area (Å²) in [5, 5.41) is 12.9. The largest absolute Gasteiger partial charge is 0.361 e. The van der Waals surface area contributed by atoms with Crippen LogP contribution in [0.3, 0.4) is 0 Å². The minimum absolute atomic E-state index is 0.0372. The molecule has 2 unspecified atom stereocenters. The summed E-state index contributed by atoms with van der Waals surface area (Å²) in [6.07, 6.45) is 4.79. The van der Waals surface area contributed by atoms with E-state index < -0.39 is 5.92 Å². The van der Waals surface area contributed by atoms with Crippen LogP contribution in [0.4, 0.5) is 4.39 Å². The topological polar surface area (TPSA) is 52.9 Å². The number of ketones is 1. The van der Waals surface area contributed by atoms with E-state index in [1.54, 1.807) is 18.2 Å². The summed E-state index contributed by atoms with van der Waals surface area (Å²) in [5.41, 5.74) is 4.66. The number of benzene rings is 1. The van der Waals surface area contributed by atoms with Gasteiger partial charge in [-0.3, -0.25) is 4.79 Å². The monoisotopic (exact) mass is 378 g/mol. The fourth-order valence-corrected chi connectivity index (χ4v) is 3.82. The molecule has 0 fully saturated rings. The van der Waals surface area contributed by atoms with Gasteiger partial charge in [-0.25, -0.2) is 4.39 Å². The Morgan fingerprint density at radius 1 is 1.29 bits per heavy atom. The first-order chi connectivity index (χ1) is 13.5. The molecule has 1 aliphatic carbocycles. The molecule has 1 aromatic carbocycles. The minimum atomic E-state index is -0.436. The molecule has 1 aliphatic heterocycles. The van der Waals surface area contributed by atoms with Gasteiger partial charge in [0.1, 0.15) is 5.82 Å². The number of hydrogen-bond acceptors (Lipinski definition) is 3. The van der Waals surface area contributed by atoms with Gasteiger partial charge in [-0.05, 0) is 43.9 Å². The predicted octanol–water partition coefficient (Wildman–Crippen LogP) is 5.70. The lowest BCUT2D eigenvalue weighted by atomic mass is 9.72. The molecule has 3 nitrogen and oxygen atoms in total. The van der Waals surface area contributed by atoms with Gasteiger partial charge in [0.2, 0.25) is 0 Å². The van der Waals surface area contributed by atoms with Gasteiger partial charge in [0.15, 0.2) is 5.78 Å². The van der Waals surface area contributed by atoms with E-state index in [1.165, 1.54) is 12.1 Å². The van der Waals surface area contributed by atoms with Crippen LogP contribution in [0.15, 0.2) is 71.1 Å². The first-order valence-electron chi connectivity index (χ1n) is 9.65. The maximum atomic E-state index is 13.3. The Kier molecular flexibility index (Phi) is 7.12. The standard InChI is InChI=1S/C22H21FN2O.C2H6/c1-4-5-13(2)16-10-19-22(20(26)11-16)21(18(12-24)14(3)25-19)15-6-8-17(23)9-7-15;1-2/h4-9,16,21,25H,1,10-11H2,2-3H3;1-2H3/b13-5+;. The molecule has 0 bridgehead atoms. The van der Waals surface area contributed by atoms with Crippen molar-refractivity contribution in [3.05, 3.63) is 82.5 Å². The van der Waals surface area contributed by atoms with Gasteiger partial charge in [-0.1, -0.05) is 50.3 Å². The summed E-state index contributed by atoms with van der Waals surface area (Å²) >= 11 is 0. The number of carbonyl (C=O) groups excluding carboxylic acids is 1. The molecule has 4 heteroatoms. The van der Waals surface area contributed by atoms with Gasteiger partial charge in [-0.2, -0.15) is 5.26 Å². The van der Waals surface area contributed by atoms with E-state index in [2.05, 4.69) is 18.0 Å². The molecule has 2 aliphatic rings. The number of hydrogen-bond donors (Lipinski definition) is 1. The fourth-order valence-electron chi connectivity index (χ4n) is 3.82. The van der Waals surface area contributed by atoms with Crippen LogP contribution in [0.1, 0.15) is 52.0 Å². The van der Waals surface area contributed by atoms with E-state index in [1.807, 2.05) is 33.8 Å². The van der Waals surface area contributed by atoms with Crippen LogP contribution in [-0.2, 0) is 4.79 Å². The molecule has 0 saturated heterocycles. The predicted molar refractivity (Wildman–Crippen MR) is 111 cm³/mol. The van der Waals surface area contributed by atoms with Gasteiger partial charge >= 0.3 is 0 Å². The van der Waals surface area contributed by atoms with Crippen molar-refractivity contribution in [3.8, 4) is 6.07 Å². The van der Waals surface area contributed by atoms with Crippen molar-refractivity contribution >= 4 is 5.78 Å². The number of allylic oxidation sites excluding steroid dienone is 7. The Morgan fingerprint density at radius 2 is 1.93 bits per heavy atom. The van der Waals surface area contributed by atoms with E-state index in [-0.39, 0.29) is 17.5 Å². The van der Waals surface area contributed by atoms with Crippen LogP contribution in [-0.4, -0.2) is 5.78 Å². The second kappa shape index (κ2) is 9.32. The molecule has 0 saturated carbocycles. The molecule has 28 heavy (non-hydrogen) atoms. The third-order valence-corrected chi connectivity index (χ3v) is 5.18. The molecule has 1 aromatic rings. The third kappa shape index (κ3) is 4.14. The molecule has 146 valence electrons. The second-order valence-electron chi connectivity index (χ2n) is 6.83. The third-order valence-electron chi connectivity index (χ3n) is 5.18. The quantitative estimate of drug-likeness (QED) is 0.686. The first-order valence-corrected chi connectivity index (χ1v) is 9.65. The van der Waals surface area contributed by atoms with Crippen molar-refractivity contribution in [2.45, 2.75) is 46.5 Å². The van der Waals surface area contributed by atoms with Gasteiger partial charge in [-0.15, -0.1) is 0 Å². The molecule has 2 atom stereocenters. The Hall–Kier alpha value is -2.93. The summed E-state index contributed by atoms with van der Waals surface area (Å²) in [5.74, 6) is -0.613. The number of nitriles is 1. The highest BCUT2D eigenvalue weighted by Crippen LogP contribution is 2.44. The normalized spacial score (nSPS) is 21.9. The second-order valence-corrected chi connectivity index (χ2v) is 6.83. The van der Waals surface area contributed by atoms with Crippen LogP contribution in [0, 0.1) is 23.1 Å². The molecule has 1 heterocycles. The first kappa shape index (κ1) is 21.4. The molecule has 0 radical (unpaired) electrons. The SMILES string of the molecule is C=C/C=C(\C)C1CC(=O)C2=C(C1)NC(C)=C(C#N)C2c1ccc(F)cc1.CC. The highest BCUT2D eigenvalue weighted by Gasteiger charge is 2.38. The van der Waals surface area contributed by atoms with Gasteiger partial charge in [0, 0.05) is 23.4 Å². The Morgan fingerprint density at radius 3 is 2.50 bits per heavy atom. The van der Waals surface area contributed by atoms with Crippen molar-refractivity contribution in [2.75, 3.05) is 0 Å². The van der Waals surface area contributed by atoms with Gasteiger partial charge < -0.3 is 5.32 Å². The van der Waals surface area contributed by atoms with Crippen LogP contribution < -0.4 is 5.32 Å². The Labute approximate surface area is 167 Å². The van der Waals surface area contributed by atoms with Crippen LogP contribution in [0.2, 0.25) is 0 Å². The molecule has 3 rings (SSSR count). The minimum Gasteiger partial charge on any atom is -0.361 e. The number of carbonyl (C=O) groups is 1. The molecular weight excluding hydrogens is 351 g/mol. The Bertz CT molecular complexity index is 898. The highest BCUT2D eigenvalue weighted by atomic mass is 19.1. The fraction of sp³-hybridized carbons (Fsp3) is 0.333. The van der Waals surface area contributed by atoms with Crippen molar-refractivity contribution < 1.29 is 9.18 Å². The summed E-state index contributed by atoms with van der Waals surface area (Å²) in [6.45, 7) is 11.6. The van der Waals surface area contributed by atoms with Crippen LogP contribution in [0.25, 0.3) is 0 Å². The zero-order valence-corrected chi connectivity index (χ0v) is 17.0. The van der Waals surface area contributed by atoms with Crippen molar-refractivity contribution in [2.24, 2.45) is 5.92 Å². The van der Waals surface area contributed by atoms with Crippen molar-refractivity contribution in [3.63, 3.8) is 0 Å². The van der Waals surface area contributed by atoms with E-state index in [9.17, 15) is 14.4 Å². The van der Waals surface area contributed by atoms with E-state index >= 15 is 0 Å². The average molecular weight is 378 g/mol. The zero-order valence-electron chi connectivity index (χ0n) is 17.0. The lowest BCUT2D eigenvalue weighted by molar-refractivity contribution is -0.117. The van der Waals surface area contributed by atoms with Gasteiger partial charge in [0.05, 0.1) is 17.6 Å². The maximum Gasteiger partial charge on any atom is 0.162 e. The van der Waals surface area contributed by atoms with Crippen molar-refractivity contribution in [1.82, 2.24) is 5.32 Å². The van der Waals surface area contributed by atoms with E-state index in [0.717, 1.165) is 22.5 Å². The summed E-state index contributed by atoms with van der Waals surface area (Å²) < 4.78 is 13.3. The Balaban J connectivity index is 0.00000136. The van der Waals surface area contributed by atoms with Crippen LogP contribution in [0.5, 0.6) is 0 Å². The number of Topliss-reactive ketones (excluding diaryl/α,β-unsaturated/α-hetero) is 1. The number of nitrogens with one attached hydrogen (secondary N) is 1. The number of dihydropyridines is 1. The number of rotatable bonds is 3. The molecule has 1 N–H and O–H groups in total. The smallest absolute Gasteiger partial charge is 0.162 e. The van der Waals surface area contributed by atoms with Crippen molar-refractivity contribution in [1.29, 1.82) is 5.26 Å². The molecule has 0 aromatic heterocycles. The highest BCUT2D eigenvalue weighted by molar-refractivity contribution is 6.00. The summed E-state index contributed by atoms with van der Waals surface area (Å²) in [6, 6.07) is 8.29. The van der Waals surface area contributed by atoms with Crippen LogP contribution >= 0.6 is 0 Å². The summed E-state index contributed by atoms with van der Waals surface area (Å²) in [4.78, 5) is 13.0. The van der Waals surface area contributed by atoms with Gasteiger partial charge in [0.25, 0.3) is 0 Å². The zero-order chi connectivity index (χ0) is 20.8. The number of halogens is 1. The molecular formula is C24H27FN2O. The lowest BCUT2D eigenvalue weighted by Crippen LogP contribution is -2.34. The van der Waals surface area contributed by atoms with E-state index in [0.29, 0.717) is 24.0 Å². The average Bonchev–Trinajstić information content (AvgIpc) is 2.69. The van der Waals surface area contributed by atoms with E-state index in [4.69, 9.17) is 0 Å².